The molecule has 2 aromatic rings. The summed E-state index contributed by atoms with van der Waals surface area (Å²) < 4.78 is 40.5. The lowest BCUT2D eigenvalue weighted by atomic mass is 10.2. The SMILES string of the molecule is CC(=O)Nc1cc(NS(=O)(=O)c2ccc(C(C)=O)cc2)ccc1F. The Morgan fingerprint density at radius 3 is 2.17 bits per heavy atom. The average Bonchev–Trinajstić information content (AvgIpc) is 2.50. The summed E-state index contributed by atoms with van der Waals surface area (Å²) in [6.07, 6.45) is 0. The average molecular weight is 350 g/mol. The molecule has 0 aliphatic carbocycles. The molecule has 0 heterocycles. The van der Waals surface area contributed by atoms with E-state index in [-0.39, 0.29) is 22.1 Å². The molecule has 8 heteroatoms. The number of benzene rings is 2. The fourth-order valence-corrected chi connectivity index (χ4v) is 3.01. The third-order valence-corrected chi connectivity index (χ3v) is 4.50. The van der Waals surface area contributed by atoms with Gasteiger partial charge in [-0.3, -0.25) is 14.3 Å². The van der Waals surface area contributed by atoms with Gasteiger partial charge in [-0.1, -0.05) is 12.1 Å². The Labute approximate surface area is 138 Å². The van der Waals surface area contributed by atoms with Crippen LogP contribution in [0.4, 0.5) is 15.8 Å². The molecule has 2 N–H and O–H groups in total. The third kappa shape index (κ3) is 4.17. The van der Waals surface area contributed by atoms with Crippen molar-refractivity contribution in [2.45, 2.75) is 18.7 Å². The van der Waals surface area contributed by atoms with Gasteiger partial charge in [0, 0.05) is 12.5 Å². The van der Waals surface area contributed by atoms with E-state index in [0.29, 0.717) is 5.56 Å². The largest absolute Gasteiger partial charge is 0.324 e. The molecule has 0 saturated carbocycles. The van der Waals surface area contributed by atoms with Gasteiger partial charge in [-0.15, -0.1) is 0 Å². The fourth-order valence-electron chi connectivity index (χ4n) is 1.96. The van der Waals surface area contributed by atoms with Crippen LogP contribution in [0.25, 0.3) is 0 Å². The Hall–Kier alpha value is -2.74. The zero-order chi connectivity index (χ0) is 17.9. The molecule has 0 fully saturated rings. The fraction of sp³-hybridized carbons (Fsp3) is 0.125. The number of carbonyl (C=O) groups excluding carboxylic acids is 2. The summed E-state index contributed by atoms with van der Waals surface area (Å²) in [7, 11) is -3.91. The Bertz CT molecular complexity index is 893. The summed E-state index contributed by atoms with van der Waals surface area (Å²) in [5.74, 6) is -1.34. The van der Waals surface area contributed by atoms with Gasteiger partial charge in [-0.05, 0) is 37.3 Å². The zero-order valence-corrected chi connectivity index (χ0v) is 13.8. The number of halogens is 1. The first-order chi connectivity index (χ1) is 11.2. The molecular formula is C16H15FN2O4S. The minimum atomic E-state index is -3.91. The second-order valence-electron chi connectivity index (χ2n) is 5.06. The number of hydrogen-bond donors (Lipinski definition) is 2. The third-order valence-electron chi connectivity index (χ3n) is 3.10. The first-order valence-corrected chi connectivity index (χ1v) is 8.38. The Balaban J connectivity index is 2.28. The molecule has 2 aromatic carbocycles. The predicted molar refractivity (Wildman–Crippen MR) is 88.0 cm³/mol. The maximum atomic E-state index is 13.6. The molecule has 0 radical (unpaired) electrons. The second kappa shape index (κ2) is 6.79. The van der Waals surface area contributed by atoms with Crippen molar-refractivity contribution in [1.29, 1.82) is 0 Å². The topological polar surface area (TPSA) is 92.3 Å². The van der Waals surface area contributed by atoms with Crippen LogP contribution < -0.4 is 10.0 Å². The summed E-state index contributed by atoms with van der Waals surface area (Å²) in [5, 5.41) is 2.27. The molecule has 0 bridgehead atoms. The van der Waals surface area contributed by atoms with Crippen LogP contribution >= 0.6 is 0 Å². The number of ketones is 1. The summed E-state index contributed by atoms with van der Waals surface area (Å²) >= 11 is 0. The highest BCUT2D eigenvalue weighted by Gasteiger charge is 2.16. The molecule has 0 unspecified atom stereocenters. The van der Waals surface area contributed by atoms with Crippen molar-refractivity contribution in [1.82, 2.24) is 0 Å². The van der Waals surface area contributed by atoms with E-state index < -0.39 is 21.7 Å². The van der Waals surface area contributed by atoms with Crippen LogP contribution in [0.15, 0.2) is 47.4 Å². The first-order valence-electron chi connectivity index (χ1n) is 6.90. The molecule has 0 aromatic heterocycles. The van der Waals surface area contributed by atoms with Gasteiger partial charge in [-0.2, -0.15) is 0 Å². The van der Waals surface area contributed by atoms with Crippen molar-refractivity contribution in [3.05, 3.63) is 53.8 Å². The van der Waals surface area contributed by atoms with E-state index in [4.69, 9.17) is 0 Å². The van der Waals surface area contributed by atoms with Crippen molar-refractivity contribution in [3.63, 3.8) is 0 Å². The van der Waals surface area contributed by atoms with E-state index in [2.05, 4.69) is 10.0 Å². The van der Waals surface area contributed by atoms with Gasteiger partial charge in [0.25, 0.3) is 10.0 Å². The van der Waals surface area contributed by atoms with Gasteiger partial charge in [0.1, 0.15) is 5.82 Å². The maximum absolute atomic E-state index is 13.6. The number of Topliss-reactive ketones (excluding diaryl/α,β-unsaturated/α-hetero) is 1. The van der Waals surface area contributed by atoms with Crippen molar-refractivity contribution in [2.75, 3.05) is 10.0 Å². The lowest BCUT2D eigenvalue weighted by Gasteiger charge is -2.11. The molecule has 0 atom stereocenters. The normalized spacial score (nSPS) is 11.0. The van der Waals surface area contributed by atoms with E-state index >= 15 is 0 Å². The minimum absolute atomic E-state index is 0.0436. The van der Waals surface area contributed by atoms with E-state index in [9.17, 15) is 22.4 Å². The zero-order valence-electron chi connectivity index (χ0n) is 13.0. The van der Waals surface area contributed by atoms with E-state index in [1.54, 1.807) is 0 Å². The van der Waals surface area contributed by atoms with Crippen molar-refractivity contribution < 1.29 is 22.4 Å². The molecule has 0 aliphatic rings. The molecule has 126 valence electrons. The number of hydrogen-bond acceptors (Lipinski definition) is 4. The number of nitrogens with one attached hydrogen (secondary N) is 2. The standard InChI is InChI=1S/C16H15FN2O4S/c1-10(20)12-3-6-14(7-4-12)24(22,23)19-13-5-8-15(17)16(9-13)18-11(2)21/h3-9,19H,1-2H3,(H,18,21). The number of anilines is 2. The molecule has 0 aliphatic heterocycles. The molecule has 6 nitrogen and oxygen atoms in total. The molecule has 1 amide bonds. The Morgan fingerprint density at radius 2 is 1.62 bits per heavy atom. The highest BCUT2D eigenvalue weighted by atomic mass is 32.2. The van der Waals surface area contributed by atoms with Crippen molar-refractivity contribution >= 4 is 33.1 Å². The van der Waals surface area contributed by atoms with Crippen LogP contribution in [0.1, 0.15) is 24.2 Å². The summed E-state index contributed by atoms with van der Waals surface area (Å²) in [4.78, 5) is 22.2. The monoisotopic (exact) mass is 350 g/mol. The van der Waals surface area contributed by atoms with Crippen LogP contribution in [0.5, 0.6) is 0 Å². The highest BCUT2D eigenvalue weighted by Crippen LogP contribution is 2.22. The Morgan fingerprint density at radius 1 is 1.00 bits per heavy atom. The first kappa shape index (κ1) is 17.6. The minimum Gasteiger partial charge on any atom is -0.324 e. The predicted octanol–water partition coefficient (Wildman–Crippen LogP) is 2.79. The number of rotatable bonds is 5. The summed E-state index contributed by atoms with van der Waals surface area (Å²) in [6.45, 7) is 2.59. The van der Waals surface area contributed by atoms with Gasteiger partial charge in [0.05, 0.1) is 16.3 Å². The van der Waals surface area contributed by atoms with E-state index in [1.807, 2.05) is 0 Å². The molecule has 0 spiro atoms. The van der Waals surface area contributed by atoms with Crippen molar-refractivity contribution in [3.8, 4) is 0 Å². The van der Waals surface area contributed by atoms with Gasteiger partial charge in [0.15, 0.2) is 5.78 Å². The molecule has 2 rings (SSSR count). The number of amides is 1. The summed E-state index contributed by atoms with van der Waals surface area (Å²) in [6, 6.07) is 8.88. The maximum Gasteiger partial charge on any atom is 0.261 e. The number of carbonyl (C=O) groups is 2. The van der Waals surface area contributed by atoms with Gasteiger partial charge < -0.3 is 5.32 Å². The summed E-state index contributed by atoms with van der Waals surface area (Å²) in [5.41, 5.74) is 0.356. The van der Waals surface area contributed by atoms with Crippen LogP contribution in [0, 0.1) is 5.82 Å². The van der Waals surface area contributed by atoms with Gasteiger partial charge in [0.2, 0.25) is 5.91 Å². The van der Waals surface area contributed by atoms with Gasteiger partial charge >= 0.3 is 0 Å². The Kier molecular flexibility index (Phi) is 4.99. The highest BCUT2D eigenvalue weighted by molar-refractivity contribution is 7.92. The lowest BCUT2D eigenvalue weighted by molar-refractivity contribution is -0.114. The quantitative estimate of drug-likeness (QED) is 0.811. The molecule has 24 heavy (non-hydrogen) atoms. The number of sulfonamides is 1. The molecular weight excluding hydrogens is 335 g/mol. The van der Waals surface area contributed by atoms with E-state index in [0.717, 1.165) is 6.07 Å². The van der Waals surface area contributed by atoms with Crippen molar-refractivity contribution in [2.24, 2.45) is 0 Å². The lowest BCUT2D eigenvalue weighted by Crippen LogP contribution is -2.14. The second-order valence-corrected chi connectivity index (χ2v) is 6.74. The molecule has 0 saturated heterocycles. The van der Waals surface area contributed by atoms with Crippen LogP contribution in [0.2, 0.25) is 0 Å². The smallest absolute Gasteiger partial charge is 0.261 e. The van der Waals surface area contributed by atoms with E-state index in [1.165, 1.54) is 50.2 Å². The van der Waals surface area contributed by atoms with Crippen LogP contribution in [0.3, 0.4) is 0 Å². The van der Waals surface area contributed by atoms with Crippen LogP contribution in [-0.4, -0.2) is 20.1 Å². The van der Waals surface area contributed by atoms with Gasteiger partial charge in [-0.25, -0.2) is 12.8 Å². The van der Waals surface area contributed by atoms with Crippen LogP contribution in [-0.2, 0) is 14.8 Å².